The van der Waals surface area contributed by atoms with E-state index in [1.807, 2.05) is 41.5 Å². The summed E-state index contributed by atoms with van der Waals surface area (Å²) in [6, 6.07) is 0. The number of azo groups is 1. The molecule has 0 radical (unpaired) electrons. The minimum absolute atomic E-state index is 0.0344. The van der Waals surface area contributed by atoms with Crippen LogP contribution in [0, 0.1) is 16.2 Å². The van der Waals surface area contributed by atoms with Crippen LogP contribution in [0.25, 0.3) is 0 Å². The lowest BCUT2D eigenvalue weighted by Gasteiger charge is -2.34. The lowest BCUT2D eigenvalue weighted by Crippen LogP contribution is -2.25. The van der Waals surface area contributed by atoms with E-state index in [0.29, 0.717) is 16.2 Å². The molecule has 142 valence electrons. The van der Waals surface area contributed by atoms with Crippen LogP contribution in [0.3, 0.4) is 0 Å². The summed E-state index contributed by atoms with van der Waals surface area (Å²) in [5, 5.41) is 8.31. The Kier molecular flexibility index (Phi) is 11.0. The van der Waals surface area contributed by atoms with Gasteiger partial charge in [0.15, 0.2) is 0 Å². The summed E-state index contributed by atoms with van der Waals surface area (Å²) < 4.78 is 0. The highest BCUT2D eigenvalue weighted by molar-refractivity contribution is 4.77. The first kappa shape index (κ1) is 27.4. The first-order valence-electron chi connectivity index (χ1n) is 8.90. The molecule has 23 heavy (non-hydrogen) atoms. The maximum Gasteiger partial charge on any atom is 0.0732 e. The lowest BCUT2D eigenvalue weighted by atomic mass is 9.71. The Hall–Kier alpha value is -0.400. The van der Waals surface area contributed by atoms with Gasteiger partial charge in [-0.25, -0.2) is 0 Å². The third-order valence-corrected chi connectivity index (χ3v) is 2.90. The van der Waals surface area contributed by atoms with E-state index in [0.717, 1.165) is 0 Å². The second kappa shape index (κ2) is 9.18. The molecule has 0 rings (SSSR count). The van der Waals surface area contributed by atoms with Gasteiger partial charge in [-0.3, -0.25) is 0 Å². The molecule has 0 aromatic carbocycles. The molecule has 0 saturated carbocycles. The molecule has 0 saturated heterocycles. The smallest absolute Gasteiger partial charge is 0.0732 e. The van der Waals surface area contributed by atoms with Crippen LogP contribution in [-0.2, 0) is 0 Å². The second-order valence-corrected chi connectivity index (χ2v) is 12.0. The van der Waals surface area contributed by atoms with Crippen molar-refractivity contribution >= 4 is 0 Å². The summed E-state index contributed by atoms with van der Waals surface area (Å²) in [6.07, 6.45) is 0. The molecular formula is C21H48N2. The molecule has 0 aliphatic carbocycles. The monoisotopic (exact) mass is 328 g/mol. The van der Waals surface area contributed by atoms with E-state index in [4.69, 9.17) is 0 Å². The fourth-order valence-corrected chi connectivity index (χ4v) is 0.300. The Bertz CT molecular complexity index is 283. The van der Waals surface area contributed by atoms with Crippen molar-refractivity contribution in [2.45, 2.75) is 122 Å². The van der Waals surface area contributed by atoms with Crippen LogP contribution in [0.4, 0.5) is 0 Å². The van der Waals surface area contributed by atoms with Crippen molar-refractivity contribution in [3.05, 3.63) is 0 Å². The van der Waals surface area contributed by atoms with Crippen LogP contribution >= 0.6 is 0 Å². The van der Waals surface area contributed by atoms with Crippen molar-refractivity contribution < 1.29 is 0 Å². The minimum Gasteiger partial charge on any atom is -0.188 e. The standard InChI is InChI=1S/C8H18N2.C8H18.C5H12/c1-7(2,3)9-10-8(4,5)6;1-7(2,3)8(4,5)6;1-5(2,3)4/h1-6H3;1-6H3;1-4H3. The molecule has 0 unspecified atom stereocenters. The molecule has 0 N–H and O–H groups in total. The van der Waals surface area contributed by atoms with Crippen LogP contribution < -0.4 is 0 Å². The average molecular weight is 329 g/mol. The highest BCUT2D eigenvalue weighted by atomic mass is 15.2. The van der Waals surface area contributed by atoms with Crippen molar-refractivity contribution in [3.63, 3.8) is 0 Å². The molecule has 0 bridgehead atoms. The van der Waals surface area contributed by atoms with Gasteiger partial charge in [0.25, 0.3) is 0 Å². The van der Waals surface area contributed by atoms with E-state index in [2.05, 4.69) is 79.5 Å². The van der Waals surface area contributed by atoms with Gasteiger partial charge in [0.2, 0.25) is 0 Å². The van der Waals surface area contributed by atoms with Gasteiger partial charge < -0.3 is 0 Å². The SMILES string of the molecule is CC(C)(C)C.CC(C)(C)C(C)(C)C.CC(C)(C)N=NC(C)(C)C. The van der Waals surface area contributed by atoms with E-state index in [9.17, 15) is 0 Å². The highest BCUT2D eigenvalue weighted by Crippen LogP contribution is 2.36. The molecule has 0 aromatic heterocycles. The van der Waals surface area contributed by atoms with Gasteiger partial charge in [-0.05, 0) is 57.8 Å². The third kappa shape index (κ3) is 34.1. The molecule has 0 aromatic rings. The van der Waals surface area contributed by atoms with E-state index in [-0.39, 0.29) is 11.1 Å². The molecule has 0 amide bonds. The molecular weight excluding hydrogens is 280 g/mol. The third-order valence-electron chi connectivity index (χ3n) is 2.90. The Labute approximate surface area is 148 Å². The maximum atomic E-state index is 4.15. The van der Waals surface area contributed by atoms with Gasteiger partial charge >= 0.3 is 0 Å². The summed E-state index contributed by atoms with van der Waals surface area (Å²) >= 11 is 0. The van der Waals surface area contributed by atoms with Crippen LogP contribution in [0.1, 0.15) is 111 Å². The van der Waals surface area contributed by atoms with E-state index in [1.165, 1.54) is 0 Å². The summed E-state index contributed by atoms with van der Waals surface area (Å²) in [5.41, 5.74) is 1.31. The van der Waals surface area contributed by atoms with Gasteiger partial charge in [-0.15, -0.1) is 0 Å². The van der Waals surface area contributed by atoms with Gasteiger partial charge in [0, 0.05) is 0 Å². The average Bonchev–Trinajstić information content (AvgIpc) is 2.07. The highest BCUT2D eigenvalue weighted by Gasteiger charge is 2.26. The van der Waals surface area contributed by atoms with Crippen molar-refractivity contribution in [1.29, 1.82) is 0 Å². The summed E-state index contributed by atoms with van der Waals surface area (Å²) in [6.45, 7) is 34.6. The Morgan fingerprint density at radius 1 is 0.348 bits per heavy atom. The summed E-state index contributed by atoms with van der Waals surface area (Å²) in [4.78, 5) is 0. The van der Waals surface area contributed by atoms with Crippen LogP contribution in [0.15, 0.2) is 10.2 Å². The largest absolute Gasteiger partial charge is 0.188 e. The van der Waals surface area contributed by atoms with E-state index < -0.39 is 0 Å². The zero-order valence-electron chi connectivity index (χ0n) is 19.4. The molecule has 0 atom stereocenters. The van der Waals surface area contributed by atoms with E-state index >= 15 is 0 Å². The molecule has 0 fully saturated rings. The Morgan fingerprint density at radius 2 is 0.478 bits per heavy atom. The predicted molar refractivity (Wildman–Crippen MR) is 108 cm³/mol. The van der Waals surface area contributed by atoms with Gasteiger partial charge in [-0.2, -0.15) is 10.2 Å². The number of nitrogens with zero attached hydrogens (tertiary/aromatic N) is 2. The minimum atomic E-state index is -0.0344. The lowest BCUT2D eigenvalue weighted by molar-refractivity contribution is 0.157. The van der Waals surface area contributed by atoms with Crippen LogP contribution in [0.2, 0.25) is 0 Å². The fraction of sp³-hybridized carbons (Fsp3) is 1.00. The second-order valence-electron chi connectivity index (χ2n) is 12.0. The Morgan fingerprint density at radius 3 is 0.522 bits per heavy atom. The van der Waals surface area contributed by atoms with Crippen molar-refractivity contribution in [3.8, 4) is 0 Å². The Balaban J connectivity index is -0.000000276. The quantitative estimate of drug-likeness (QED) is 0.401. The van der Waals surface area contributed by atoms with Crippen molar-refractivity contribution in [2.75, 3.05) is 0 Å². The van der Waals surface area contributed by atoms with Gasteiger partial charge in [-0.1, -0.05) is 69.2 Å². The fourth-order valence-electron chi connectivity index (χ4n) is 0.300. The first-order chi connectivity index (χ1) is 9.46. The molecule has 2 heteroatoms. The molecule has 0 heterocycles. The predicted octanol–water partition coefficient (Wildman–Crippen LogP) is 8.17. The number of hydrogen-bond donors (Lipinski definition) is 0. The zero-order chi connectivity index (χ0) is 19.9. The van der Waals surface area contributed by atoms with Crippen LogP contribution in [-0.4, -0.2) is 11.1 Å². The summed E-state index contributed by atoms with van der Waals surface area (Å²) in [5.74, 6) is 0. The molecule has 0 aliphatic rings. The number of hydrogen-bond acceptors (Lipinski definition) is 2. The van der Waals surface area contributed by atoms with E-state index in [1.54, 1.807) is 0 Å². The first-order valence-corrected chi connectivity index (χ1v) is 8.90. The molecule has 2 nitrogen and oxygen atoms in total. The topological polar surface area (TPSA) is 24.7 Å². The summed E-state index contributed by atoms with van der Waals surface area (Å²) in [7, 11) is 0. The van der Waals surface area contributed by atoms with Crippen molar-refractivity contribution in [1.82, 2.24) is 0 Å². The maximum absolute atomic E-state index is 4.15. The molecule has 0 spiro atoms. The van der Waals surface area contributed by atoms with Crippen molar-refractivity contribution in [2.24, 2.45) is 26.5 Å². The molecule has 0 aliphatic heterocycles. The van der Waals surface area contributed by atoms with Crippen LogP contribution in [0.5, 0.6) is 0 Å². The van der Waals surface area contributed by atoms with Gasteiger partial charge in [0.1, 0.15) is 0 Å². The van der Waals surface area contributed by atoms with Gasteiger partial charge in [0.05, 0.1) is 11.1 Å². The number of rotatable bonds is 0. The zero-order valence-corrected chi connectivity index (χ0v) is 19.4. The normalized spacial score (nSPS) is 13.9.